The smallest absolute Gasteiger partial charge is 0.417 e. The molecule has 2 rings (SSSR count). The van der Waals surface area contributed by atoms with Gasteiger partial charge in [0.05, 0.1) is 16.3 Å². The second-order valence-corrected chi connectivity index (χ2v) is 5.35. The minimum Gasteiger partial charge on any atom is -0.508 e. The number of amides is 1. The van der Waals surface area contributed by atoms with Crippen LogP contribution in [0.3, 0.4) is 0 Å². The van der Waals surface area contributed by atoms with Crippen molar-refractivity contribution in [3.05, 3.63) is 46.9 Å². The van der Waals surface area contributed by atoms with Crippen molar-refractivity contribution in [3.8, 4) is 5.75 Å². The lowest BCUT2D eigenvalue weighted by Gasteiger charge is -2.11. The van der Waals surface area contributed by atoms with Gasteiger partial charge in [-0.25, -0.2) is 9.37 Å². The molecule has 10 heteroatoms. The third-order valence-electron chi connectivity index (χ3n) is 3.04. The fourth-order valence-corrected chi connectivity index (χ4v) is 2.07. The quantitative estimate of drug-likeness (QED) is 0.543. The van der Waals surface area contributed by atoms with E-state index in [-0.39, 0.29) is 35.2 Å². The van der Waals surface area contributed by atoms with E-state index >= 15 is 0 Å². The normalized spacial score (nSPS) is 11.2. The van der Waals surface area contributed by atoms with Crippen LogP contribution in [0.5, 0.6) is 5.75 Å². The Morgan fingerprint density at radius 3 is 2.60 bits per heavy atom. The summed E-state index contributed by atoms with van der Waals surface area (Å²) in [5, 5.41) is 13.8. The first-order chi connectivity index (χ1) is 11.7. The Kier molecular flexibility index (Phi) is 5.68. The molecular weight excluding hydrogens is 366 g/mol. The van der Waals surface area contributed by atoms with E-state index in [1.807, 2.05) is 0 Å². The highest BCUT2D eigenvalue weighted by Crippen LogP contribution is 2.32. The van der Waals surface area contributed by atoms with Crippen LogP contribution < -0.4 is 10.6 Å². The number of alkyl halides is 3. The second kappa shape index (κ2) is 7.56. The maximum absolute atomic E-state index is 13.5. The van der Waals surface area contributed by atoms with E-state index in [0.29, 0.717) is 6.20 Å². The molecule has 0 unspecified atom stereocenters. The third kappa shape index (κ3) is 5.21. The molecule has 1 heterocycles. The first kappa shape index (κ1) is 18.8. The molecular formula is C15H12ClF4N3O2. The van der Waals surface area contributed by atoms with Crippen LogP contribution in [0.2, 0.25) is 5.02 Å². The number of aromatic hydroxyl groups is 1. The average Bonchev–Trinajstić information content (AvgIpc) is 2.50. The number of rotatable bonds is 5. The summed E-state index contributed by atoms with van der Waals surface area (Å²) in [6.07, 6.45) is -4.04. The third-order valence-corrected chi connectivity index (χ3v) is 3.33. The summed E-state index contributed by atoms with van der Waals surface area (Å²) in [6, 6.07) is 3.98. The molecule has 0 spiro atoms. The maximum Gasteiger partial charge on any atom is 0.417 e. The van der Waals surface area contributed by atoms with Crippen LogP contribution in [0.15, 0.2) is 30.5 Å². The average molecular weight is 378 g/mol. The summed E-state index contributed by atoms with van der Waals surface area (Å²) in [6.45, 7) is 0.0175. The van der Waals surface area contributed by atoms with Gasteiger partial charge >= 0.3 is 6.18 Å². The minimum atomic E-state index is -4.55. The van der Waals surface area contributed by atoms with E-state index in [9.17, 15) is 22.4 Å². The number of halogens is 5. The number of hydrogen-bond acceptors (Lipinski definition) is 4. The molecule has 0 atom stereocenters. The zero-order chi connectivity index (χ0) is 18.6. The SMILES string of the molecule is O=C(CCNc1ncc(C(F)(F)F)cc1Cl)Nc1ccc(O)cc1F. The molecule has 3 N–H and O–H groups in total. The topological polar surface area (TPSA) is 74.2 Å². The number of hydrogen-bond donors (Lipinski definition) is 3. The Balaban J connectivity index is 1.89. The van der Waals surface area contributed by atoms with Crippen LogP contribution >= 0.6 is 11.6 Å². The van der Waals surface area contributed by atoms with Gasteiger partial charge in [0, 0.05) is 25.2 Å². The lowest BCUT2D eigenvalue weighted by molar-refractivity contribution is -0.137. The van der Waals surface area contributed by atoms with E-state index in [1.165, 1.54) is 12.1 Å². The van der Waals surface area contributed by atoms with Crippen molar-refractivity contribution < 1.29 is 27.5 Å². The lowest BCUT2D eigenvalue weighted by Crippen LogP contribution is -2.17. The molecule has 0 aliphatic rings. The molecule has 1 aromatic carbocycles. The van der Waals surface area contributed by atoms with Crippen molar-refractivity contribution >= 4 is 29.0 Å². The van der Waals surface area contributed by atoms with E-state index in [0.717, 1.165) is 12.1 Å². The highest BCUT2D eigenvalue weighted by Gasteiger charge is 2.31. The number of aromatic nitrogens is 1. The Hall–Kier alpha value is -2.55. The summed E-state index contributed by atoms with van der Waals surface area (Å²) < 4.78 is 51.0. The Labute approximate surface area is 144 Å². The molecule has 0 aliphatic heterocycles. The Bertz CT molecular complexity index is 784. The van der Waals surface area contributed by atoms with Gasteiger partial charge in [-0.2, -0.15) is 13.2 Å². The van der Waals surface area contributed by atoms with Gasteiger partial charge in [-0.1, -0.05) is 11.6 Å². The van der Waals surface area contributed by atoms with Crippen LogP contribution in [0.25, 0.3) is 0 Å². The Morgan fingerprint density at radius 2 is 2.00 bits per heavy atom. The van der Waals surface area contributed by atoms with Gasteiger partial charge in [0.1, 0.15) is 17.4 Å². The molecule has 2 aromatic rings. The number of pyridine rings is 1. The molecule has 134 valence electrons. The van der Waals surface area contributed by atoms with Gasteiger partial charge in [0.2, 0.25) is 5.91 Å². The van der Waals surface area contributed by atoms with Gasteiger partial charge < -0.3 is 15.7 Å². The van der Waals surface area contributed by atoms with E-state index < -0.39 is 23.5 Å². The van der Waals surface area contributed by atoms with E-state index in [1.54, 1.807) is 0 Å². The molecule has 5 nitrogen and oxygen atoms in total. The van der Waals surface area contributed by atoms with Gasteiger partial charge in [0.25, 0.3) is 0 Å². The van der Waals surface area contributed by atoms with Crippen molar-refractivity contribution in [3.63, 3.8) is 0 Å². The highest BCUT2D eigenvalue weighted by molar-refractivity contribution is 6.32. The predicted octanol–water partition coefficient (Wildman–Crippen LogP) is 4.04. The number of phenolic OH excluding ortho intramolecular Hbond substituents is 1. The van der Waals surface area contributed by atoms with Gasteiger partial charge in [-0.3, -0.25) is 4.79 Å². The van der Waals surface area contributed by atoms with Crippen molar-refractivity contribution in [2.75, 3.05) is 17.2 Å². The van der Waals surface area contributed by atoms with Gasteiger partial charge in [-0.05, 0) is 18.2 Å². The molecule has 1 aromatic heterocycles. The predicted molar refractivity (Wildman–Crippen MR) is 84.1 cm³/mol. The maximum atomic E-state index is 13.5. The zero-order valence-electron chi connectivity index (χ0n) is 12.5. The molecule has 0 saturated heterocycles. The lowest BCUT2D eigenvalue weighted by atomic mass is 10.2. The molecule has 1 amide bonds. The largest absolute Gasteiger partial charge is 0.508 e. The molecule has 0 bridgehead atoms. The van der Waals surface area contributed by atoms with Crippen LogP contribution in [-0.2, 0) is 11.0 Å². The second-order valence-electron chi connectivity index (χ2n) is 4.94. The zero-order valence-corrected chi connectivity index (χ0v) is 13.2. The fourth-order valence-electron chi connectivity index (χ4n) is 1.84. The molecule has 0 saturated carbocycles. The van der Waals surface area contributed by atoms with E-state index in [2.05, 4.69) is 15.6 Å². The summed E-state index contributed by atoms with van der Waals surface area (Å²) in [4.78, 5) is 15.3. The number of anilines is 2. The van der Waals surface area contributed by atoms with Crippen molar-refractivity contribution in [2.24, 2.45) is 0 Å². The molecule has 25 heavy (non-hydrogen) atoms. The van der Waals surface area contributed by atoms with E-state index in [4.69, 9.17) is 16.7 Å². The van der Waals surface area contributed by atoms with Gasteiger partial charge in [0.15, 0.2) is 0 Å². The first-order valence-electron chi connectivity index (χ1n) is 6.92. The van der Waals surface area contributed by atoms with Crippen LogP contribution in [-0.4, -0.2) is 22.5 Å². The van der Waals surface area contributed by atoms with Crippen molar-refractivity contribution in [2.45, 2.75) is 12.6 Å². The molecule has 0 aliphatic carbocycles. The van der Waals surface area contributed by atoms with Gasteiger partial charge in [-0.15, -0.1) is 0 Å². The standard InChI is InChI=1S/C15H12ClF4N3O2/c16-10-5-8(15(18,19)20)7-22-14(10)21-4-3-13(25)23-12-2-1-9(24)6-11(12)17/h1-2,5-7,24H,3-4H2,(H,21,22)(H,23,25). The monoisotopic (exact) mass is 377 g/mol. The number of carbonyl (C=O) groups is 1. The Morgan fingerprint density at radius 1 is 1.28 bits per heavy atom. The molecule has 0 radical (unpaired) electrons. The summed E-state index contributed by atoms with van der Waals surface area (Å²) in [5.74, 6) is -1.62. The number of phenols is 1. The van der Waals surface area contributed by atoms with Crippen molar-refractivity contribution in [1.82, 2.24) is 4.98 Å². The summed E-state index contributed by atoms with van der Waals surface area (Å²) in [5.41, 5.74) is -1.09. The molecule has 0 fully saturated rings. The number of benzene rings is 1. The highest BCUT2D eigenvalue weighted by atomic mass is 35.5. The van der Waals surface area contributed by atoms with Crippen LogP contribution in [0.4, 0.5) is 29.1 Å². The first-order valence-corrected chi connectivity index (χ1v) is 7.29. The van der Waals surface area contributed by atoms with Crippen LogP contribution in [0, 0.1) is 5.82 Å². The number of nitrogens with one attached hydrogen (secondary N) is 2. The summed E-state index contributed by atoms with van der Waals surface area (Å²) >= 11 is 5.72. The minimum absolute atomic E-state index is 0.00159. The summed E-state index contributed by atoms with van der Waals surface area (Å²) in [7, 11) is 0. The number of carbonyl (C=O) groups excluding carboxylic acids is 1. The number of nitrogens with zero attached hydrogens (tertiary/aromatic N) is 1. The fraction of sp³-hybridized carbons (Fsp3) is 0.200. The van der Waals surface area contributed by atoms with Crippen molar-refractivity contribution in [1.29, 1.82) is 0 Å². The van der Waals surface area contributed by atoms with Crippen LogP contribution in [0.1, 0.15) is 12.0 Å².